The molecule has 1 saturated heterocycles. The lowest BCUT2D eigenvalue weighted by molar-refractivity contribution is -0.158. The third-order valence-electron chi connectivity index (χ3n) is 5.81. The number of hydrogen-bond donors (Lipinski definition) is 0. The molecule has 2 aromatic rings. The summed E-state index contributed by atoms with van der Waals surface area (Å²) in [6, 6.07) is 10.6. The van der Waals surface area contributed by atoms with Gasteiger partial charge in [0.05, 0.1) is 20.4 Å². The number of hydrogen-bond acceptors (Lipinski definition) is 5. The predicted octanol–water partition coefficient (Wildman–Crippen LogP) is 5.16. The molecule has 0 aliphatic carbocycles. The number of carbonyl (C=O) groups is 1. The molecule has 0 bridgehead atoms. The Balaban J connectivity index is 1.55. The first-order valence-corrected chi connectivity index (χ1v) is 11.7. The standard InChI is InChI=1S/C20H19Br2N3O2S/c1-12(26)24-8-6-20(7-9-24)25-16(14-10-13(21)2-3-17(14)27-20)11-15(23-25)18-4-5-19(22)28-18/h2-5,10,16H,6-9,11H2,1H3. The Morgan fingerprint density at radius 3 is 2.71 bits per heavy atom. The Kier molecular flexibility index (Phi) is 4.56. The zero-order valence-electron chi connectivity index (χ0n) is 15.3. The predicted molar refractivity (Wildman–Crippen MR) is 117 cm³/mol. The van der Waals surface area contributed by atoms with Crippen molar-refractivity contribution in [2.75, 3.05) is 13.1 Å². The second kappa shape index (κ2) is 6.85. The molecule has 0 saturated carbocycles. The van der Waals surface area contributed by atoms with Crippen LogP contribution in [0.25, 0.3) is 0 Å². The van der Waals surface area contributed by atoms with Crippen LogP contribution in [0.3, 0.4) is 0 Å². The van der Waals surface area contributed by atoms with Gasteiger partial charge in [0.25, 0.3) is 0 Å². The minimum atomic E-state index is -0.492. The minimum absolute atomic E-state index is 0.126. The quantitative estimate of drug-likeness (QED) is 0.518. The molecule has 1 atom stereocenters. The SMILES string of the molecule is CC(=O)N1CCC2(CC1)Oc1ccc(Br)cc1C1CC(c3ccc(Br)s3)=NN12. The average Bonchev–Trinajstić information content (AvgIpc) is 3.30. The van der Waals surface area contributed by atoms with Crippen molar-refractivity contribution in [2.45, 2.75) is 38.0 Å². The van der Waals surface area contributed by atoms with E-state index in [-0.39, 0.29) is 11.9 Å². The molecule has 3 aliphatic heterocycles. The molecule has 0 N–H and O–H groups in total. The maximum Gasteiger partial charge on any atom is 0.219 e. The van der Waals surface area contributed by atoms with Crippen molar-refractivity contribution >= 4 is 54.8 Å². The van der Waals surface area contributed by atoms with Gasteiger partial charge in [-0.2, -0.15) is 5.10 Å². The van der Waals surface area contributed by atoms with E-state index in [0.29, 0.717) is 13.1 Å². The fraction of sp³-hybridized carbons (Fsp3) is 0.400. The van der Waals surface area contributed by atoms with Crippen molar-refractivity contribution < 1.29 is 9.53 Å². The van der Waals surface area contributed by atoms with Crippen molar-refractivity contribution in [1.82, 2.24) is 9.91 Å². The third-order valence-corrected chi connectivity index (χ3v) is 7.97. The van der Waals surface area contributed by atoms with E-state index in [0.717, 1.165) is 39.0 Å². The number of thiophene rings is 1. The van der Waals surface area contributed by atoms with Crippen LogP contribution in [-0.4, -0.2) is 40.3 Å². The van der Waals surface area contributed by atoms with E-state index in [4.69, 9.17) is 9.84 Å². The van der Waals surface area contributed by atoms with Gasteiger partial charge < -0.3 is 9.64 Å². The first-order chi connectivity index (χ1) is 13.4. The molecule has 5 nitrogen and oxygen atoms in total. The molecule has 1 fully saturated rings. The normalized spacial score (nSPS) is 22.5. The summed E-state index contributed by atoms with van der Waals surface area (Å²) in [6.45, 7) is 3.02. The van der Waals surface area contributed by atoms with Crippen molar-refractivity contribution in [3.05, 3.63) is 49.0 Å². The highest BCUT2D eigenvalue weighted by Gasteiger charge is 2.52. The highest BCUT2D eigenvalue weighted by molar-refractivity contribution is 9.11. The number of carbonyl (C=O) groups excluding carboxylic acids is 1. The Hall–Kier alpha value is -1.38. The number of ether oxygens (including phenoxy) is 1. The lowest BCUT2D eigenvalue weighted by Gasteiger charge is -2.51. The summed E-state index contributed by atoms with van der Waals surface area (Å²) < 4.78 is 8.76. The average molecular weight is 525 g/mol. The van der Waals surface area contributed by atoms with E-state index in [2.05, 4.69) is 61.1 Å². The second-order valence-corrected chi connectivity index (χ2v) is 10.8. The number of fused-ring (bicyclic) bond motifs is 4. The Morgan fingerprint density at radius 1 is 1.25 bits per heavy atom. The summed E-state index contributed by atoms with van der Waals surface area (Å²) >= 11 is 8.88. The van der Waals surface area contributed by atoms with Crippen LogP contribution in [0.1, 0.15) is 42.7 Å². The smallest absolute Gasteiger partial charge is 0.219 e. The van der Waals surface area contributed by atoms with Crippen molar-refractivity contribution in [1.29, 1.82) is 0 Å². The van der Waals surface area contributed by atoms with Gasteiger partial charge in [-0.1, -0.05) is 15.9 Å². The molecule has 3 aliphatic rings. The van der Waals surface area contributed by atoms with E-state index in [9.17, 15) is 4.79 Å². The topological polar surface area (TPSA) is 45.1 Å². The van der Waals surface area contributed by atoms with Crippen LogP contribution in [0.5, 0.6) is 5.75 Å². The fourth-order valence-electron chi connectivity index (χ4n) is 4.37. The second-order valence-electron chi connectivity index (χ2n) is 7.45. The third kappa shape index (κ3) is 3.00. The van der Waals surface area contributed by atoms with Gasteiger partial charge in [-0.05, 0) is 46.3 Å². The van der Waals surface area contributed by atoms with E-state index in [1.807, 2.05) is 11.0 Å². The monoisotopic (exact) mass is 523 g/mol. The summed E-state index contributed by atoms with van der Waals surface area (Å²) in [7, 11) is 0. The highest BCUT2D eigenvalue weighted by Crippen LogP contribution is 2.50. The van der Waals surface area contributed by atoms with E-state index < -0.39 is 5.72 Å². The Morgan fingerprint density at radius 2 is 2.04 bits per heavy atom. The molecular weight excluding hydrogens is 506 g/mol. The number of hydrazone groups is 1. The molecule has 1 spiro atoms. The van der Waals surface area contributed by atoms with Gasteiger partial charge in [0.1, 0.15) is 5.75 Å². The van der Waals surface area contributed by atoms with Crippen LogP contribution in [0, 0.1) is 0 Å². The molecule has 1 unspecified atom stereocenters. The van der Waals surface area contributed by atoms with Gasteiger partial charge in [0, 0.05) is 49.3 Å². The van der Waals surface area contributed by atoms with Crippen LogP contribution in [0.15, 0.2) is 43.7 Å². The van der Waals surface area contributed by atoms with E-state index in [1.54, 1.807) is 18.3 Å². The molecule has 0 radical (unpaired) electrons. The van der Waals surface area contributed by atoms with Gasteiger partial charge >= 0.3 is 0 Å². The summed E-state index contributed by atoms with van der Waals surface area (Å²) in [5.74, 6) is 1.06. The maximum atomic E-state index is 11.8. The Labute approximate surface area is 184 Å². The van der Waals surface area contributed by atoms with Gasteiger partial charge in [0.15, 0.2) is 0 Å². The molecule has 4 heterocycles. The summed E-state index contributed by atoms with van der Waals surface area (Å²) in [5.41, 5.74) is 1.78. The number of nitrogens with zero attached hydrogens (tertiary/aromatic N) is 3. The maximum absolute atomic E-state index is 11.8. The number of amides is 1. The number of rotatable bonds is 1. The zero-order chi connectivity index (χ0) is 19.5. The first kappa shape index (κ1) is 18.6. The minimum Gasteiger partial charge on any atom is -0.466 e. The van der Waals surface area contributed by atoms with Crippen LogP contribution in [0.4, 0.5) is 0 Å². The van der Waals surface area contributed by atoms with Crippen LogP contribution in [-0.2, 0) is 4.79 Å². The van der Waals surface area contributed by atoms with Crippen molar-refractivity contribution in [2.24, 2.45) is 5.10 Å². The fourth-order valence-corrected chi connectivity index (χ4v) is 6.13. The Bertz CT molecular complexity index is 982. The van der Waals surface area contributed by atoms with Crippen molar-refractivity contribution in [3.8, 4) is 5.75 Å². The van der Waals surface area contributed by atoms with Crippen molar-refractivity contribution in [3.63, 3.8) is 0 Å². The lowest BCUT2D eigenvalue weighted by Crippen LogP contribution is -2.59. The summed E-state index contributed by atoms with van der Waals surface area (Å²) in [4.78, 5) is 14.9. The molecule has 1 aromatic heterocycles. The first-order valence-electron chi connectivity index (χ1n) is 9.32. The van der Waals surface area contributed by atoms with Gasteiger partial charge in [-0.3, -0.25) is 4.79 Å². The number of halogens is 2. The largest absolute Gasteiger partial charge is 0.466 e. The van der Waals surface area contributed by atoms with Crippen LogP contribution in [0.2, 0.25) is 0 Å². The zero-order valence-corrected chi connectivity index (χ0v) is 19.3. The van der Waals surface area contributed by atoms with Gasteiger partial charge in [-0.25, -0.2) is 5.01 Å². The lowest BCUT2D eigenvalue weighted by atomic mass is 9.91. The molecular formula is C20H19Br2N3O2S. The van der Waals surface area contributed by atoms with Gasteiger partial charge in [0.2, 0.25) is 11.6 Å². The number of benzene rings is 1. The molecule has 8 heteroatoms. The van der Waals surface area contributed by atoms with Gasteiger partial charge in [-0.15, -0.1) is 11.3 Å². The molecule has 1 aromatic carbocycles. The highest BCUT2D eigenvalue weighted by atomic mass is 79.9. The van der Waals surface area contributed by atoms with E-state index >= 15 is 0 Å². The number of likely N-dealkylation sites (tertiary alicyclic amines) is 1. The molecule has 1 amide bonds. The van der Waals surface area contributed by atoms with Crippen LogP contribution >= 0.6 is 43.2 Å². The summed E-state index contributed by atoms with van der Waals surface area (Å²) in [6.07, 6.45) is 2.37. The van der Waals surface area contributed by atoms with Crippen LogP contribution < -0.4 is 4.74 Å². The molecule has 5 rings (SSSR count). The number of piperidine rings is 1. The summed E-state index contributed by atoms with van der Waals surface area (Å²) in [5, 5.41) is 7.25. The molecule has 146 valence electrons. The van der Waals surface area contributed by atoms with E-state index in [1.165, 1.54) is 10.4 Å². The molecule has 28 heavy (non-hydrogen) atoms.